The van der Waals surface area contributed by atoms with Crippen molar-refractivity contribution in [2.24, 2.45) is 0 Å². The van der Waals surface area contributed by atoms with Crippen molar-refractivity contribution in [1.29, 1.82) is 0 Å². The Labute approximate surface area is 81.7 Å². The van der Waals surface area contributed by atoms with Gasteiger partial charge in [0.2, 0.25) is 0 Å². The number of benzene rings is 1. The van der Waals surface area contributed by atoms with Gasteiger partial charge in [-0.25, -0.2) is 0 Å². The summed E-state index contributed by atoms with van der Waals surface area (Å²) in [6.45, 7) is 4.83. The second-order valence-corrected chi connectivity index (χ2v) is 3.20. The minimum Gasteiger partial charge on any atom is -0.295 e. The Hall–Kier alpha value is -1.71. The third kappa shape index (κ3) is 1.64. The average molecular weight is 193 g/mol. The Bertz CT molecular complexity index is 371. The minimum absolute atomic E-state index is 0.0625. The van der Waals surface area contributed by atoms with Crippen LogP contribution in [0.15, 0.2) is 12.1 Å². The van der Waals surface area contributed by atoms with E-state index < -0.39 is 4.92 Å². The largest absolute Gasteiger partial charge is 0.295 e. The van der Waals surface area contributed by atoms with Gasteiger partial charge in [-0.15, -0.1) is 0 Å². The molecule has 0 aliphatic heterocycles. The van der Waals surface area contributed by atoms with Crippen LogP contribution in [-0.2, 0) is 0 Å². The molecule has 0 radical (unpaired) electrons. The first-order valence-electron chi connectivity index (χ1n) is 4.20. The predicted octanol–water partition coefficient (Wildman–Crippen LogP) is 2.41. The SMILES string of the molecule is CC(=O)c1ccc([N+](=O)[O-])c(C)c1C. The van der Waals surface area contributed by atoms with Gasteiger partial charge in [0.1, 0.15) is 0 Å². The first-order chi connectivity index (χ1) is 6.45. The van der Waals surface area contributed by atoms with Crippen molar-refractivity contribution in [3.8, 4) is 0 Å². The van der Waals surface area contributed by atoms with E-state index in [2.05, 4.69) is 0 Å². The van der Waals surface area contributed by atoms with E-state index in [0.29, 0.717) is 16.7 Å². The maximum atomic E-state index is 11.1. The topological polar surface area (TPSA) is 60.2 Å². The van der Waals surface area contributed by atoms with E-state index in [9.17, 15) is 14.9 Å². The number of hydrogen-bond acceptors (Lipinski definition) is 3. The third-order valence-corrected chi connectivity index (χ3v) is 2.33. The number of nitro benzene ring substituents is 1. The Morgan fingerprint density at radius 1 is 1.29 bits per heavy atom. The third-order valence-electron chi connectivity index (χ3n) is 2.33. The second-order valence-electron chi connectivity index (χ2n) is 3.20. The number of nitrogens with zero attached hydrogens (tertiary/aromatic N) is 1. The lowest BCUT2D eigenvalue weighted by molar-refractivity contribution is -0.385. The van der Waals surface area contributed by atoms with Crippen molar-refractivity contribution in [1.82, 2.24) is 0 Å². The van der Waals surface area contributed by atoms with Crippen molar-refractivity contribution in [3.05, 3.63) is 38.9 Å². The molecule has 0 N–H and O–H groups in total. The van der Waals surface area contributed by atoms with Gasteiger partial charge in [-0.05, 0) is 32.4 Å². The number of hydrogen-bond donors (Lipinski definition) is 0. The number of carbonyl (C=O) groups excluding carboxylic acids is 1. The van der Waals surface area contributed by atoms with Crippen molar-refractivity contribution < 1.29 is 9.72 Å². The minimum atomic E-state index is -0.438. The van der Waals surface area contributed by atoms with Gasteiger partial charge >= 0.3 is 0 Å². The summed E-state index contributed by atoms with van der Waals surface area (Å²) in [6.07, 6.45) is 0. The molecule has 4 heteroatoms. The molecule has 0 heterocycles. The molecule has 0 fully saturated rings. The molecule has 1 aromatic rings. The summed E-state index contributed by atoms with van der Waals surface area (Å²) in [5.41, 5.74) is 1.86. The zero-order chi connectivity index (χ0) is 10.9. The van der Waals surface area contributed by atoms with Crippen LogP contribution < -0.4 is 0 Å². The fourth-order valence-electron chi connectivity index (χ4n) is 1.39. The monoisotopic (exact) mass is 193 g/mol. The lowest BCUT2D eigenvalue weighted by atomic mass is 9.99. The standard InChI is InChI=1S/C10H11NO3/c1-6-7(2)10(11(13)14)5-4-9(6)8(3)12/h4-5H,1-3H3. The molecule has 0 unspecified atom stereocenters. The molecule has 0 saturated carbocycles. The van der Waals surface area contributed by atoms with Gasteiger partial charge in [-0.2, -0.15) is 0 Å². The molecule has 0 aliphatic rings. The van der Waals surface area contributed by atoms with Crippen molar-refractivity contribution >= 4 is 11.5 Å². The normalized spacial score (nSPS) is 9.93. The highest BCUT2D eigenvalue weighted by Crippen LogP contribution is 2.23. The summed E-state index contributed by atoms with van der Waals surface area (Å²) in [5, 5.41) is 10.6. The van der Waals surface area contributed by atoms with Gasteiger partial charge in [0.25, 0.3) is 5.69 Å². The van der Waals surface area contributed by atoms with Crippen LogP contribution in [0.1, 0.15) is 28.4 Å². The van der Waals surface area contributed by atoms with Crippen LogP contribution in [0.3, 0.4) is 0 Å². The Kier molecular flexibility index (Phi) is 2.65. The van der Waals surface area contributed by atoms with E-state index in [-0.39, 0.29) is 11.5 Å². The molecule has 0 spiro atoms. The molecule has 1 rings (SSSR count). The Morgan fingerprint density at radius 3 is 2.29 bits per heavy atom. The number of Topliss-reactive ketones (excluding diaryl/α,β-unsaturated/α-hetero) is 1. The summed E-state index contributed by atoms with van der Waals surface area (Å²) in [4.78, 5) is 21.3. The molecule has 74 valence electrons. The van der Waals surface area contributed by atoms with Gasteiger partial charge in [0, 0.05) is 17.2 Å². The zero-order valence-corrected chi connectivity index (χ0v) is 8.33. The van der Waals surface area contributed by atoms with Crippen molar-refractivity contribution in [2.75, 3.05) is 0 Å². The van der Waals surface area contributed by atoms with E-state index in [1.165, 1.54) is 19.1 Å². The molecule has 0 aliphatic carbocycles. The number of carbonyl (C=O) groups is 1. The quantitative estimate of drug-likeness (QED) is 0.411. The average Bonchev–Trinajstić information content (AvgIpc) is 2.08. The van der Waals surface area contributed by atoms with Gasteiger partial charge in [-0.1, -0.05) is 0 Å². The van der Waals surface area contributed by atoms with Crippen LogP contribution in [0.4, 0.5) is 5.69 Å². The highest BCUT2D eigenvalue weighted by Gasteiger charge is 2.15. The molecular formula is C10H11NO3. The van der Waals surface area contributed by atoms with Crippen LogP contribution in [0.2, 0.25) is 0 Å². The zero-order valence-electron chi connectivity index (χ0n) is 8.33. The van der Waals surface area contributed by atoms with Gasteiger partial charge < -0.3 is 0 Å². The number of nitro groups is 1. The first kappa shape index (κ1) is 10.4. The highest BCUT2D eigenvalue weighted by molar-refractivity contribution is 5.96. The van der Waals surface area contributed by atoms with Crippen LogP contribution >= 0.6 is 0 Å². The predicted molar refractivity (Wildman–Crippen MR) is 52.6 cm³/mol. The van der Waals surface area contributed by atoms with E-state index in [1.807, 2.05) is 0 Å². The van der Waals surface area contributed by atoms with Crippen molar-refractivity contribution in [2.45, 2.75) is 20.8 Å². The maximum Gasteiger partial charge on any atom is 0.272 e. The summed E-state index contributed by atoms with van der Waals surface area (Å²) >= 11 is 0. The molecular weight excluding hydrogens is 182 g/mol. The molecule has 0 atom stereocenters. The molecule has 14 heavy (non-hydrogen) atoms. The summed E-state index contributed by atoms with van der Waals surface area (Å²) in [5.74, 6) is -0.0690. The molecule has 1 aromatic carbocycles. The van der Waals surface area contributed by atoms with Crippen LogP contribution in [0, 0.1) is 24.0 Å². The van der Waals surface area contributed by atoms with Crippen LogP contribution in [0.5, 0.6) is 0 Å². The van der Waals surface area contributed by atoms with E-state index in [1.54, 1.807) is 13.8 Å². The smallest absolute Gasteiger partial charge is 0.272 e. The molecule has 0 amide bonds. The summed E-state index contributed by atoms with van der Waals surface area (Å²) < 4.78 is 0. The van der Waals surface area contributed by atoms with Crippen LogP contribution in [-0.4, -0.2) is 10.7 Å². The first-order valence-corrected chi connectivity index (χ1v) is 4.20. The molecule has 0 saturated heterocycles. The van der Waals surface area contributed by atoms with Crippen LogP contribution in [0.25, 0.3) is 0 Å². The molecule has 0 aromatic heterocycles. The Morgan fingerprint density at radius 2 is 1.86 bits per heavy atom. The fourth-order valence-corrected chi connectivity index (χ4v) is 1.39. The number of ketones is 1. The number of rotatable bonds is 2. The summed E-state index contributed by atoms with van der Waals surface area (Å²) in [6, 6.07) is 2.88. The van der Waals surface area contributed by atoms with E-state index in [4.69, 9.17) is 0 Å². The van der Waals surface area contributed by atoms with Crippen molar-refractivity contribution in [3.63, 3.8) is 0 Å². The fraction of sp³-hybridized carbons (Fsp3) is 0.300. The molecule has 0 bridgehead atoms. The lowest BCUT2D eigenvalue weighted by Crippen LogP contribution is -2.01. The maximum absolute atomic E-state index is 11.1. The van der Waals surface area contributed by atoms with E-state index in [0.717, 1.165) is 0 Å². The van der Waals surface area contributed by atoms with Gasteiger partial charge in [0.15, 0.2) is 5.78 Å². The van der Waals surface area contributed by atoms with Gasteiger partial charge in [-0.3, -0.25) is 14.9 Å². The second kappa shape index (κ2) is 3.57. The Balaban J connectivity index is 3.41. The van der Waals surface area contributed by atoms with E-state index >= 15 is 0 Å². The summed E-state index contributed by atoms with van der Waals surface area (Å²) in [7, 11) is 0. The van der Waals surface area contributed by atoms with Gasteiger partial charge in [0.05, 0.1) is 4.92 Å². The molecule has 4 nitrogen and oxygen atoms in total. The highest BCUT2D eigenvalue weighted by atomic mass is 16.6. The lowest BCUT2D eigenvalue weighted by Gasteiger charge is -2.05.